The third-order valence-electron chi connectivity index (χ3n) is 2.68. The maximum absolute atomic E-state index is 12.1. The van der Waals surface area contributed by atoms with Crippen molar-refractivity contribution in [3.63, 3.8) is 0 Å². The summed E-state index contributed by atoms with van der Waals surface area (Å²) < 4.78 is 5.22. The van der Waals surface area contributed by atoms with Crippen LogP contribution < -0.4 is 10.5 Å². The van der Waals surface area contributed by atoms with Gasteiger partial charge in [-0.2, -0.15) is 0 Å². The first-order valence-electron chi connectivity index (χ1n) is 5.85. The minimum absolute atomic E-state index is 0.241. The highest BCUT2D eigenvalue weighted by atomic mass is 32.2. The monoisotopic (exact) mass is 279 g/mol. The molecule has 1 fully saturated rings. The molecule has 1 aromatic rings. The molecule has 0 saturated carbocycles. The molecule has 1 saturated heterocycles. The second kappa shape index (κ2) is 5.90. The molecule has 0 bridgehead atoms. The molecule has 1 aromatic carbocycles. The smallest absolute Gasteiger partial charge is 0.293 e. The molecular weight excluding hydrogens is 264 g/mol. The van der Waals surface area contributed by atoms with Gasteiger partial charge in [-0.25, -0.2) is 0 Å². The number of thioether (sulfide) groups is 1. The molecule has 5 nitrogen and oxygen atoms in total. The lowest BCUT2D eigenvalue weighted by Crippen LogP contribution is -2.55. The molecule has 0 aliphatic carbocycles. The first kappa shape index (κ1) is 13.6. The van der Waals surface area contributed by atoms with Crippen LogP contribution in [0.15, 0.2) is 29.2 Å². The van der Waals surface area contributed by atoms with Crippen LogP contribution in [-0.4, -0.2) is 36.2 Å². The van der Waals surface area contributed by atoms with Crippen molar-refractivity contribution in [3.05, 3.63) is 34.7 Å². The second-order valence-corrected chi connectivity index (χ2v) is 4.92. The van der Waals surface area contributed by atoms with Gasteiger partial charge in [-0.1, -0.05) is 18.2 Å². The first-order chi connectivity index (χ1) is 9.17. The molecule has 0 spiro atoms. The number of imide groups is 1. The van der Waals surface area contributed by atoms with Crippen LogP contribution in [0.2, 0.25) is 0 Å². The van der Waals surface area contributed by atoms with E-state index in [1.807, 2.05) is 24.3 Å². The summed E-state index contributed by atoms with van der Waals surface area (Å²) in [6, 6.07) is 7.36. The van der Waals surface area contributed by atoms with Crippen molar-refractivity contribution in [2.75, 3.05) is 20.2 Å². The standard InChI is InChI=1S/C13H14N2O3S/c1-18-10-5-3-2-4-9(10)8-11-12(16)15(7-6-14)13(17)19-11/h2-5,8H,6-7,14H2,1H3/p+1. The second-order valence-electron chi connectivity index (χ2n) is 3.93. The molecule has 2 rings (SSSR count). The summed E-state index contributed by atoms with van der Waals surface area (Å²) in [7, 11) is 1.57. The number of benzene rings is 1. The van der Waals surface area contributed by atoms with Gasteiger partial charge in [0.15, 0.2) is 0 Å². The van der Waals surface area contributed by atoms with Gasteiger partial charge in [0.25, 0.3) is 11.1 Å². The zero-order chi connectivity index (χ0) is 13.8. The zero-order valence-corrected chi connectivity index (χ0v) is 11.4. The first-order valence-corrected chi connectivity index (χ1v) is 6.66. The highest BCUT2D eigenvalue weighted by Gasteiger charge is 2.34. The fourth-order valence-electron chi connectivity index (χ4n) is 1.78. The lowest BCUT2D eigenvalue weighted by molar-refractivity contribution is -0.367. The van der Waals surface area contributed by atoms with Crippen LogP contribution in [0.5, 0.6) is 5.75 Å². The van der Waals surface area contributed by atoms with Crippen LogP contribution in [0.4, 0.5) is 4.79 Å². The van der Waals surface area contributed by atoms with Crippen molar-refractivity contribution in [2.45, 2.75) is 0 Å². The predicted octanol–water partition coefficient (Wildman–Crippen LogP) is 0.973. The number of rotatable bonds is 4. The third-order valence-corrected chi connectivity index (χ3v) is 3.59. The summed E-state index contributed by atoms with van der Waals surface area (Å²) in [5.74, 6) is 0.413. The number of nitrogens with zero attached hydrogens (tertiary/aromatic N) is 1. The van der Waals surface area contributed by atoms with Gasteiger partial charge in [0.2, 0.25) is 0 Å². The number of hydrogen-bond donors (Lipinski definition) is 1. The van der Waals surface area contributed by atoms with Crippen LogP contribution in [0, 0.1) is 0 Å². The predicted molar refractivity (Wildman–Crippen MR) is 73.4 cm³/mol. The Labute approximate surface area is 115 Å². The number of para-hydroxylation sites is 1. The van der Waals surface area contributed by atoms with Crippen molar-refractivity contribution in [2.24, 2.45) is 0 Å². The Hall–Kier alpha value is -1.79. The molecule has 0 unspecified atom stereocenters. The molecule has 0 radical (unpaired) electrons. The minimum atomic E-state index is -0.260. The largest absolute Gasteiger partial charge is 0.496 e. The van der Waals surface area contributed by atoms with Crippen LogP contribution in [0.25, 0.3) is 6.08 Å². The van der Waals surface area contributed by atoms with Crippen LogP contribution >= 0.6 is 11.8 Å². The maximum atomic E-state index is 12.1. The van der Waals surface area contributed by atoms with Crippen LogP contribution in [-0.2, 0) is 4.79 Å². The van der Waals surface area contributed by atoms with Crippen molar-refractivity contribution >= 4 is 29.0 Å². The summed E-state index contributed by atoms with van der Waals surface area (Å²) >= 11 is 0.951. The molecule has 1 aliphatic heterocycles. The quantitative estimate of drug-likeness (QED) is 0.834. The number of carbonyl (C=O) groups is 2. The number of quaternary nitrogens is 1. The van der Waals surface area contributed by atoms with E-state index in [1.54, 1.807) is 13.2 Å². The number of hydrogen-bond acceptors (Lipinski definition) is 4. The van der Waals surface area contributed by atoms with Crippen molar-refractivity contribution in [3.8, 4) is 5.75 Å². The van der Waals surface area contributed by atoms with E-state index in [0.717, 1.165) is 17.3 Å². The van der Waals surface area contributed by atoms with Gasteiger partial charge in [0, 0.05) is 5.56 Å². The highest BCUT2D eigenvalue weighted by molar-refractivity contribution is 8.18. The van der Waals surface area contributed by atoms with E-state index in [4.69, 9.17) is 4.74 Å². The normalized spacial score (nSPS) is 17.4. The molecule has 1 heterocycles. The summed E-state index contributed by atoms with van der Waals surface area (Å²) in [6.07, 6.45) is 1.69. The lowest BCUT2D eigenvalue weighted by Gasteiger charge is -2.08. The van der Waals surface area contributed by atoms with Gasteiger partial charge < -0.3 is 10.5 Å². The lowest BCUT2D eigenvalue weighted by atomic mass is 10.2. The van der Waals surface area contributed by atoms with E-state index in [9.17, 15) is 9.59 Å². The number of amides is 2. The maximum Gasteiger partial charge on any atom is 0.293 e. The Morgan fingerprint density at radius 3 is 2.79 bits per heavy atom. The fourth-order valence-corrected chi connectivity index (χ4v) is 2.63. The van der Waals surface area contributed by atoms with Crippen molar-refractivity contribution in [1.29, 1.82) is 0 Å². The molecule has 0 atom stereocenters. The summed E-state index contributed by atoms with van der Waals surface area (Å²) in [6.45, 7) is 0.869. The van der Waals surface area contributed by atoms with Gasteiger partial charge >= 0.3 is 0 Å². The number of carbonyl (C=O) groups excluding carboxylic acids is 2. The number of methoxy groups -OCH3 is 1. The van der Waals surface area contributed by atoms with Gasteiger partial charge in [-0.15, -0.1) is 0 Å². The van der Waals surface area contributed by atoms with Crippen molar-refractivity contribution in [1.82, 2.24) is 4.90 Å². The molecule has 1 aliphatic rings. The van der Waals surface area contributed by atoms with E-state index in [-0.39, 0.29) is 11.1 Å². The topological polar surface area (TPSA) is 74.2 Å². The molecule has 6 heteroatoms. The molecule has 3 N–H and O–H groups in total. The van der Waals surface area contributed by atoms with Crippen LogP contribution in [0.3, 0.4) is 0 Å². The molecule has 2 amide bonds. The highest BCUT2D eigenvalue weighted by Crippen LogP contribution is 2.33. The summed E-state index contributed by atoms with van der Waals surface area (Å²) in [5.41, 5.74) is 4.44. The van der Waals surface area contributed by atoms with E-state index >= 15 is 0 Å². The average molecular weight is 279 g/mol. The summed E-state index contributed by atoms with van der Waals surface area (Å²) in [4.78, 5) is 25.4. The SMILES string of the molecule is COc1ccccc1C=C1SC(=O)N(CC[NH3+])C1=O. The third kappa shape index (κ3) is 2.80. The van der Waals surface area contributed by atoms with E-state index in [1.165, 1.54) is 4.90 Å². The zero-order valence-electron chi connectivity index (χ0n) is 10.6. The summed E-state index contributed by atoms with van der Waals surface area (Å²) in [5, 5.41) is -0.241. The average Bonchev–Trinajstić information content (AvgIpc) is 2.67. The van der Waals surface area contributed by atoms with Gasteiger partial charge in [0.1, 0.15) is 5.75 Å². The van der Waals surface area contributed by atoms with E-state index in [2.05, 4.69) is 5.73 Å². The molecule has 0 aromatic heterocycles. The Kier molecular flexibility index (Phi) is 4.24. The van der Waals surface area contributed by atoms with Gasteiger partial charge in [0.05, 0.1) is 25.1 Å². The van der Waals surface area contributed by atoms with E-state index in [0.29, 0.717) is 23.7 Å². The Morgan fingerprint density at radius 2 is 2.11 bits per heavy atom. The van der Waals surface area contributed by atoms with Gasteiger partial charge in [-0.05, 0) is 23.9 Å². The van der Waals surface area contributed by atoms with Gasteiger partial charge in [-0.3, -0.25) is 14.5 Å². The van der Waals surface area contributed by atoms with Crippen LogP contribution in [0.1, 0.15) is 5.56 Å². The molecule has 19 heavy (non-hydrogen) atoms. The van der Waals surface area contributed by atoms with Crippen molar-refractivity contribution < 1.29 is 20.1 Å². The van der Waals surface area contributed by atoms with E-state index < -0.39 is 0 Å². The molecule has 100 valence electrons. The molecular formula is C13H15N2O3S+. The fraction of sp³-hybridized carbons (Fsp3) is 0.231. The Balaban J connectivity index is 2.30. The number of ether oxygens (including phenoxy) is 1. The Bertz CT molecular complexity index is 542. The Morgan fingerprint density at radius 1 is 1.37 bits per heavy atom. The minimum Gasteiger partial charge on any atom is -0.496 e.